The molecule has 0 radical (unpaired) electrons. The number of halogens is 9. The van der Waals surface area contributed by atoms with Gasteiger partial charge in [0.1, 0.15) is 36.1 Å². The Kier molecular flexibility index (Phi) is 12.0. The van der Waals surface area contributed by atoms with Crippen LogP contribution in [0.15, 0.2) is 66.7 Å². The van der Waals surface area contributed by atoms with Crippen molar-refractivity contribution >= 4 is 52.1 Å². The van der Waals surface area contributed by atoms with Crippen LogP contribution in [-0.4, -0.2) is 48.8 Å². The molecule has 0 saturated carbocycles. The second kappa shape index (κ2) is 16.7. The van der Waals surface area contributed by atoms with Gasteiger partial charge in [-0.1, -0.05) is 41.9 Å². The van der Waals surface area contributed by atoms with Crippen LogP contribution in [0.25, 0.3) is 22.0 Å². The SMILES string of the molecule is CSN(C(=O)c1ccccc1C)c1nn(CC(F)(F)F)c2c(-c3ccc(C)nc3C(Cc3cc(F)cc(F)c3)NC(=O)Cn3nc(C(C)(F)F)c4c3C(C)(F)CC4)ccc(Cl)c12. The second-order valence-corrected chi connectivity index (χ2v) is 16.6. The molecule has 1 aliphatic carbocycles. The molecule has 19 heteroatoms. The summed E-state index contributed by atoms with van der Waals surface area (Å²) >= 11 is 7.68. The summed E-state index contributed by atoms with van der Waals surface area (Å²) in [5.41, 5.74) is -1.59. The average molecular weight is 904 g/mol. The maximum absolute atomic E-state index is 15.8. The van der Waals surface area contributed by atoms with E-state index in [9.17, 15) is 40.3 Å². The first-order valence-corrected chi connectivity index (χ1v) is 20.7. The molecule has 3 aromatic heterocycles. The number of fused-ring (bicyclic) bond motifs is 2. The Hall–Kier alpha value is -5.49. The van der Waals surface area contributed by atoms with E-state index in [1.807, 2.05) is 0 Å². The minimum atomic E-state index is -4.82. The summed E-state index contributed by atoms with van der Waals surface area (Å²) in [5.74, 6) is -6.99. The normalized spacial score (nSPS) is 15.8. The molecule has 3 aromatic carbocycles. The summed E-state index contributed by atoms with van der Waals surface area (Å²) in [6.45, 7) is 2.76. The summed E-state index contributed by atoms with van der Waals surface area (Å²) in [7, 11) is 0. The van der Waals surface area contributed by atoms with Gasteiger partial charge in [0.25, 0.3) is 11.8 Å². The van der Waals surface area contributed by atoms with Crippen LogP contribution in [0, 0.1) is 25.5 Å². The van der Waals surface area contributed by atoms with E-state index in [1.54, 1.807) is 50.4 Å². The van der Waals surface area contributed by atoms with Crippen molar-refractivity contribution in [1.29, 1.82) is 0 Å². The maximum Gasteiger partial charge on any atom is 0.408 e. The molecular formula is C43H38ClF8N7O2S. The summed E-state index contributed by atoms with van der Waals surface area (Å²) in [6, 6.07) is 14.0. The lowest BCUT2D eigenvalue weighted by molar-refractivity contribution is -0.141. The van der Waals surface area contributed by atoms with Crippen LogP contribution in [0.3, 0.4) is 0 Å². The van der Waals surface area contributed by atoms with Gasteiger partial charge in [-0.15, -0.1) is 0 Å². The predicted molar refractivity (Wildman–Crippen MR) is 220 cm³/mol. The van der Waals surface area contributed by atoms with Crippen molar-refractivity contribution in [3.8, 4) is 11.1 Å². The lowest BCUT2D eigenvalue weighted by Gasteiger charge is -2.23. The van der Waals surface area contributed by atoms with Crippen LogP contribution in [0.5, 0.6) is 0 Å². The standard InChI is InChI=1S/C43H38ClF8N7O2S/c1-22-8-6-7-9-27(22)40(61)59(62-5)39-34-31(44)13-12-29(36(34)58(56-39)21-43(50,51)52)28-11-10-23(2)53-35(28)32(18-24-16-25(45)19-26(46)17-24)54-33(60)20-57-38-30(14-15-41(38,3)47)37(55-57)42(4,48)49/h6-13,16-17,19,32H,14-15,18,20-21H2,1-5H3,(H,54,60). The Morgan fingerprint density at radius 2 is 1.65 bits per heavy atom. The van der Waals surface area contributed by atoms with Crippen molar-refractivity contribution in [1.82, 2.24) is 29.9 Å². The van der Waals surface area contributed by atoms with E-state index in [1.165, 1.54) is 25.1 Å². The molecule has 0 bridgehead atoms. The third-order valence-corrected chi connectivity index (χ3v) is 11.6. The van der Waals surface area contributed by atoms with Gasteiger partial charge in [-0.25, -0.2) is 17.5 Å². The smallest absolute Gasteiger partial charge is 0.346 e. The van der Waals surface area contributed by atoms with Gasteiger partial charge in [0.15, 0.2) is 5.82 Å². The molecule has 0 saturated heterocycles. The Labute approximate surface area is 359 Å². The van der Waals surface area contributed by atoms with Gasteiger partial charge in [-0.2, -0.15) is 32.1 Å². The molecule has 9 nitrogen and oxygen atoms in total. The van der Waals surface area contributed by atoms with Gasteiger partial charge in [0.2, 0.25) is 5.91 Å². The predicted octanol–water partition coefficient (Wildman–Crippen LogP) is 10.7. The number of pyridine rings is 1. The van der Waals surface area contributed by atoms with Crippen LogP contribution in [-0.2, 0) is 42.3 Å². The van der Waals surface area contributed by atoms with Crippen molar-refractivity contribution in [2.24, 2.45) is 0 Å². The highest BCUT2D eigenvalue weighted by Gasteiger charge is 2.45. The molecule has 1 N–H and O–H groups in total. The molecule has 2 atom stereocenters. The van der Waals surface area contributed by atoms with Crippen molar-refractivity contribution < 1.29 is 44.7 Å². The molecule has 3 heterocycles. The van der Waals surface area contributed by atoms with E-state index in [4.69, 9.17) is 16.6 Å². The minimum absolute atomic E-state index is 0.00745. The first-order chi connectivity index (χ1) is 29.1. The first-order valence-electron chi connectivity index (χ1n) is 19.2. The number of alkyl halides is 6. The molecule has 2 amide bonds. The molecule has 1 aliphatic rings. The largest absolute Gasteiger partial charge is 0.408 e. The van der Waals surface area contributed by atoms with Crippen molar-refractivity contribution in [3.63, 3.8) is 0 Å². The van der Waals surface area contributed by atoms with Gasteiger partial charge in [0, 0.05) is 47.2 Å². The Morgan fingerprint density at radius 3 is 2.29 bits per heavy atom. The maximum atomic E-state index is 15.8. The van der Waals surface area contributed by atoms with Gasteiger partial charge in [-0.05, 0) is 93.4 Å². The molecule has 62 heavy (non-hydrogen) atoms. The van der Waals surface area contributed by atoms with Crippen molar-refractivity contribution in [3.05, 3.63) is 128 Å². The summed E-state index contributed by atoms with van der Waals surface area (Å²) in [4.78, 5) is 32.8. The van der Waals surface area contributed by atoms with Gasteiger partial charge in [0.05, 0.1) is 33.4 Å². The fourth-order valence-electron chi connectivity index (χ4n) is 7.98. The number of benzene rings is 3. The number of carbonyl (C=O) groups excluding carboxylic acids is 2. The van der Waals surface area contributed by atoms with E-state index in [-0.39, 0.29) is 80.2 Å². The number of carbonyl (C=O) groups is 2. The van der Waals surface area contributed by atoms with E-state index < -0.39 is 66.0 Å². The number of anilines is 1. The van der Waals surface area contributed by atoms with Crippen molar-refractivity contribution in [2.75, 3.05) is 10.6 Å². The molecular weight excluding hydrogens is 866 g/mol. The van der Waals surface area contributed by atoms with E-state index >= 15 is 4.39 Å². The third kappa shape index (κ3) is 8.89. The third-order valence-electron chi connectivity index (χ3n) is 10.6. The molecule has 6 aromatic rings. The number of hydrogen-bond donors (Lipinski definition) is 1. The Bertz CT molecular complexity index is 2710. The summed E-state index contributed by atoms with van der Waals surface area (Å²) in [6.07, 6.45) is -3.77. The van der Waals surface area contributed by atoms with Gasteiger partial charge < -0.3 is 5.32 Å². The Morgan fingerprint density at radius 1 is 0.968 bits per heavy atom. The lowest BCUT2D eigenvalue weighted by atomic mass is 9.93. The van der Waals surface area contributed by atoms with Crippen LogP contribution >= 0.6 is 23.5 Å². The monoisotopic (exact) mass is 903 g/mol. The zero-order valence-electron chi connectivity index (χ0n) is 33.8. The Balaban J connectivity index is 1.40. The molecule has 0 aliphatic heterocycles. The molecule has 0 fully saturated rings. The quantitative estimate of drug-likeness (QED) is 0.0970. The highest BCUT2D eigenvalue weighted by Crippen LogP contribution is 2.46. The van der Waals surface area contributed by atoms with Crippen LogP contribution in [0.2, 0.25) is 5.02 Å². The summed E-state index contributed by atoms with van der Waals surface area (Å²) in [5, 5.41) is 11.0. The van der Waals surface area contributed by atoms with Crippen LogP contribution in [0.1, 0.15) is 76.1 Å². The van der Waals surface area contributed by atoms with Crippen LogP contribution in [0.4, 0.5) is 40.9 Å². The minimum Gasteiger partial charge on any atom is -0.346 e. The van der Waals surface area contributed by atoms with Crippen molar-refractivity contribution in [2.45, 2.75) is 83.9 Å². The lowest BCUT2D eigenvalue weighted by Crippen LogP contribution is -2.35. The number of hydrogen-bond acceptors (Lipinski definition) is 6. The van der Waals surface area contributed by atoms with Crippen LogP contribution < -0.4 is 9.62 Å². The highest BCUT2D eigenvalue weighted by atomic mass is 35.5. The average Bonchev–Trinajstić information content (AvgIpc) is 3.83. The van der Waals surface area contributed by atoms with E-state index in [2.05, 4.69) is 15.5 Å². The topological polar surface area (TPSA) is 97.9 Å². The second-order valence-electron chi connectivity index (χ2n) is 15.4. The molecule has 326 valence electrons. The van der Waals surface area contributed by atoms with Gasteiger partial charge in [-0.3, -0.25) is 23.9 Å². The number of amides is 2. The summed E-state index contributed by atoms with van der Waals surface area (Å²) < 4.78 is 120. The number of nitrogens with one attached hydrogen (secondary N) is 1. The molecule has 7 rings (SSSR count). The van der Waals surface area contributed by atoms with Gasteiger partial charge >= 0.3 is 6.18 Å². The number of nitrogens with zero attached hydrogens (tertiary/aromatic N) is 6. The van der Waals surface area contributed by atoms with E-state index in [0.717, 1.165) is 33.1 Å². The first kappa shape index (κ1) is 44.6. The number of aryl methyl sites for hydroxylation is 2. The number of aromatic nitrogens is 5. The molecule has 0 spiro atoms. The zero-order valence-corrected chi connectivity index (χ0v) is 35.3. The fraction of sp³-hybridized carbons (Fsp3) is 0.326. The number of rotatable bonds is 12. The van der Waals surface area contributed by atoms with E-state index in [0.29, 0.717) is 28.9 Å². The zero-order chi connectivity index (χ0) is 45.1. The highest BCUT2D eigenvalue weighted by molar-refractivity contribution is 8.00. The molecule has 2 unspecified atom stereocenters. The fourth-order valence-corrected chi connectivity index (χ4v) is 8.79.